The van der Waals surface area contributed by atoms with E-state index in [2.05, 4.69) is 21.9 Å². The second kappa shape index (κ2) is 6.12. The fourth-order valence-corrected chi connectivity index (χ4v) is 1.09. The standard InChI is InChI=1S/C11H15ClN4/c1-8(2)5-15-11(13)16-7-9-3-4-10(12)14-6-9/h3-4,6H,1,5,7H2,2H3,(H3,13,15,16). The monoisotopic (exact) mass is 238 g/mol. The van der Waals surface area contributed by atoms with Crippen molar-refractivity contribution in [1.29, 1.82) is 0 Å². The molecule has 5 heteroatoms. The molecule has 0 bridgehead atoms. The molecule has 1 aromatic rings. The number of rotatable bonds is 4. The summed E-state index contributed by atoms with van der Waals surface area (Å²) in [6.07, 6.45) is 1.68. The zero-order chi connectivity index (χ0) is 12.0. The molecule has 0 saturated heterocycles. The van der Waals surface area contributed by atoms with Gasteiger partial charge in [0.25, 0.3) is 0 Å². The Hall–Kier alpha value is -1.55. The third-order valence-electron chi connectivity index (χ3n) is 1.79. The number of aromatic nitrogens is 1. The maximum Gasteiger partial charge on any atom is 0.189 e. The topological polar surface area (TPSA) is 63.3 Å². The van der Waals surface area contributed by atoms with Crippen LogP contribution in [0.2, 0.25) is 5.15 Å². The Morgan fingerprint density at radius 2 is 2.38 bits per heavy atom. The summed E-state index contributed by atoms with van der Waals surface area (Å²) in [6, 6.07) is 3.59. The predicted molar refractivity (Wildman–Crippen MR) is 67.4 cm³/mol. The van der Waals surface area contributed by atoms with E-state index in [0.717, 1.165) is 11.1 Å². The molecule has 0 aliphatic heterocycles. The van der Waals surface area contributed by atoms with Crippen LogP contribution in [0.25, 0.3) is 0 Å². The number of nitrogens with one attached hydrogen (secondary N) is 1. The van der Waals surface area contributed by atoms with Gasteiger partial charge in [-0.15, -0.1) is 0 Å². The van der Waals surface area contributed by atoms with Gasteiger partial charge in [-0.3, -0.25) is 0 Å². The van der Waals surface area contributed by atoms with Crippen molar-refractivity contribution in [2.75, 3.05) is 6.54 Å². The van der Waals surface area contributed by atoms with Gasteiger partial charge in [0.2, 0.25) is 0 Å². The van der Waals surface area contributed by atoms with Crippen molar-refractivity contribution in [2.24, 2.45) is 10.7 Å². The van der Waals surface area contributed by atoms with Crippen molar-refractivity contribution in [2.45, 2.75) is 13.5 Å². The Morgan fingerprint density at radius 1 is 1.62 bits per heavy atom. The van der Waals surface area contributed by atoms with Gasteiger partial charge in [-0.05, 0) is 18.6 Å². The van der Waals surface area contributed by atoms with Crippen LogP contribution in [0.1, 0.15) is 12.5 Å². The van der Waals surface area contributed by atoms with Crippen LogP contribution in [0, 0.1) is 0 Å². The SMILES string of the molecule is C=C(C)CNC(N)=NCc1ccc(Cl)nc1. The first-order valence-corrected chi connectivity index (χ1v) is 5.24. The van der Waals surface area contributed by atoms with E-state index < -0.39 is 0 Å². The Balaban J connectivity index is 2.45. The number of nitrogens with two attached hydrogens (primary N) is 1. The van der Waals surface area contributed by atoms with Crippen LogP contribution < -0.4 is 11.1 Å². The summed E-state index contributed by atoms with van der Waals surface area (Å²) in [7, 11) is 0. The molecule has 16 heavy (non-hydrogen) atoms. The third kappa shape index (κ3) is 4.79. The first-order valence-electron chi connectivity index (χ1n) is 4.86. The third-order valence-corrected chi connectivity index (χ3v) is 2.02. The Bertz CT molecular complexity index is 383. The molecule has 0 radical (unpaired) electrons. The fraction of sp³-hybridized carbons (Fsp3) is 0.273. The minimum absolute atomic E-state index is 0.401. The summed E-state index contributed by atoms with van der Waals surface area (Å²) in [6.45, 7) is 6.80. The summed E-state index contributed by atoms with van der Waals surface area (Å²) in [5.74, 6) is 0.401. The predicted octanol–water partition coefficient (Wildman–Crippen LogP) is 1.72. The molecule has 0 aliphatic rings. The summed E-state index contributed by atoms with van der Waals surface area (Å²) in [5, 5.41) is 3.42. The second-order valence-corrected chi connectivity index (χ2v) is 3.89. The highest BCUT2D eigenvalue weighted by Crippen LogP contribution is 2.05. The lowest BCUT2D eigenvalue weighted by Gasteiger charge is -2.04. The van der Waals surface area contributed by atoms with Crippen molar-refractivity contribution < 1.29 is 0 Å². The Morgan fingerprint density at radius 3 is 2.94 bits per heavy atom. The molecule has 0 saturated carbocycles. The van der Waals surface area contributed by atoms with Gasteiger partial charge in [-0.2, -0.15) is 0 Å². The first kappa shape index (κ1) is 12.5. The minimum Gasteiger partial charge on any atom is -0.370 e. The van der Waals surface area contributed by atoms with Crippen LogP contribution in [0.4, 0.5) is 0 Å². The van der Waals surface area contributed by atoms with Gasteiger partial charge in [0.05, 0.1) is 6.54 Å². The molecule has 1 aromatic heterocycles. The molecule has 1 rings (SSSR count). The lowest BCUT2D eigenvalue weighted by atomic mass is 10.3. The fourth-order valence-electron chi connectivity index (χ4n) is 0.974. The van der Waals surface area contributed by atoms with E-state index >= 15 is 0 Å². The lowest BCUT2D eigenvalue weighted by Crippen LogP contribution is -2.32. The van der Waals surface area contributed by atoms with Crippen LogP contribution in [0.5, 0.6) is 0 Å². The molecule has 0 fully saturated rings. The van der Waals surface area contributed by atoms with Crippen LogP contribution >= 0.6 is 11.6 Å². The Labute approximate surface area is 100 Å². The summed E-state index contributed by atoms with van der Waals surface area (Å²) < 4.78 is 0. The van der Waals surface area contributed by atoms with E-state index in [1.54, 1.807) is 12.3 Å². The van der Waals surface area contributed by atoms with Crippen molar-refractivity contribution >= 4 is 17.6 Å². The van der Waals surface area contributed by atoms with E-state index in [-0.39, 0.29) is 0 Å². The number of aliphatic imine (C=N–C) groups is 1. The molecule has 0 atom stereocenters. The van der Waals surface area contributed by atoms with E-state index in [9.17, 15) is 0 Å². The van der Waals surface area contributed by atoms with Crippen LogP contribution in [0.15, 0.2) is 35.5 Å². The van der Waals surface area contributed by atoms with E-state index in [0.29, 0.717) is 24.2 Å². The van der Waals surface area contributed by atoms with Crippen molar-refractivity contribution in [1.82, 2.24) is 10.3 Å². The molecule has 1 heterocycles. The van der Waals surface area contributed by atoms with E-state index in [1.165, 1.54) is 0 Å². The zero-order valence-corrected chi connectivity index (χ0v) is 9.96. The molecule has 0 spiro atoms. The summed E-state index contributed by atoms with van der Waals surface area (Å²) >= 11 is 5.67. The molecule has 0 unspecified atom stereocenters. The average Bonchev–Trinajstić information content (AvgIpc) is 2.25. The molecule has 0 amide bonds. The maximum atomic E-state index is 5.67. The molecular formula is C11H15ClN4. The van der Waals surface area contributed by atoms with Gasteiger partial charge in [0.1, 0.15) is 5.15 Å². The zero-order valence-electron chi connectivity index (χ0n) is 9.20. The highest BCUT2D eigenvalue weighted by atomic mass is 35.5. The van der Waals surface area contributed by atoms with E-state index in [1.807, 2.05) is 13.0 Å². The van der Waals surface area contributed by atoms with Crippen molar-refractivity contribution in [3.05, 3.63) is 41.2 Å². The normalized spacial score (nSPS) is 11.2. The number of pyridine rings is 1. The first-order chi connectivity index (χ1) is 7.58. The molecule has 0 aromatic carbocycles. The highest BCUT2D eigenvalue weighted by Gasteiger charge is 1.94. The number of hydrogen-bond acceptors (Lipinski definition) is 2. The molecule has 86 valence electrons. The molecular weight excluding hydrogens is 224 g/mol. The second-order valence-electron chi connectivity index (χ2n) is 3.50. The van der Waals surface area contributed by atoms with Gasteiger partial charge in [0, 0.05) is 12.7 Å². The van der Waals surface area contributed by atoms with Crippen LogP contribution in [0.3, 0.4) is 0 Å². The largest absolute Gasteiger partial charge is 0.370 e. The average molecular weight is 239 g/mol. The smallest absolute Gasteiger partial charge is 0.189 e. The number of nitrogens with zero attached hydrogens (tertiary/aromatic N) is 2. The van der Waals surface area contributed by atoms with Crippen LogP contribution in [-0.2, 0) is 6.54 Å². The summed E-state index contributed by atoms with van der Waals surface area (Å²) in [4.78, 5) is 8.11. The van der Waals surface area contributed by atoms with Gasteiger partial charge in [-0.1, -0.05) is 29.8 Å². The van der Waals surface area contributed by atoms with Gasteiger partial charge in [0.15, 0.2) is 5.96 Å². The van der Waals surface area contributed by atoms with Crippen molar-refractivity contribution in [3.8, 4) is 0 Å². The molecule has 3 N–H and O–H groups in total. The van der Waals surface area contributed by atoms with Crippen molar-refractivity contribution in [3.63, 3.8) is 0 Å². The van der Waals surface area contributed by atoms with Crippen LogP contribution in [-0.4, -0.2) is 17.5 Å². The number of hydrogen-bond donors (Lipinski definition) is 2. The quantitative estimate of drug-likeness (QED) is 0.363. The minimum atomic E-state index is 0.401. The maximum absolute atomic E-state index is 5.67. The lowest BCUT2D eigenvalue weighted by molar-refractivity contribution is 0.937. The van der Waals surface area contributed by atoms with Gasteiger partial charge in [-0.25, -0.2) is 9.98 Å². The highest BCUT2D eigenvalue weighted by molar-refractivity contribution is 6.29. The summed E-state index contributed by atoms with van der Waals surface area (Å²) in [5.41, 5.74) is 7.62. The van der Waals surface area contributed by atoms with E-state index in [4.69, 9.17) is 17.3 Å². The molecule has 4 nitrogen and oxygen atoms in total. The number of halogens is 1. The van der Waals surface area contributed by atoms with Gasteiger partial charge < -0.3 is 11.1 Å². The Kier molecular flexibility index (Phi) is 4.79. The van der Waals surface area contributed by atoms with Gasteiger partial charge >= 0.3 is 0 Å². The number of guanidine groups is 1. The molecule has 0 aliphatic carbocycles.